The van der Waals surface area contributed by atoms with E-state index in [1.807, 2.05) is 6.08 Å². The SMILES string of the molecule is C/C(=C\CCC[Si](O[Si](C)(C)C)(O[Si](C)(C)C)O[Si](C)(C)C)C(N)=O. The summed E-state index contributed by atoms with van der Waals surface area (Å²) in [7, 11) is -8.24. The Labute approximate surface area is 159 Å². The summed E-state index contributed by atoms with van der Waals surface area (Å²) in [5.41, 5.74) is 5.90. The molecule has 25 heavy (non-hydrogen) atoms. The lowest BCUT2D eigenvalue weighted by molar-refractivity contribution is -0.114. The lowest BCUT2D eigenvalue weighted by atomic mass is 10.2. The smallest absolute Gasteiger partial charge is 0.417 e. The fourth-order valence-electron chi connectivity index (χ4n) is 2.35. The first-order valence-corrected chi connectivity index (χ1v) is 21.2. The molecule has 0 aliphatic rings. The summed E-state index contributed by atoms with van der Waals surface area (Å²) in [5.74, 6) is -0.362. The minimum Gasteiger partial charge on any atom is -0.417 e. The van der Waals surface area contributed by atoms with E-state index in [-0.39, 0.29) is 5.91 Å². The Morgan fingerprint density at radius 2 is 1.20 bits per heavy atom. The molecule has 2 N–H and O–H groups in total. The highest BCUT2D eigenvalue weighted by Crippen LogP contribution is 2.30. The third-order valence-electron chi connectivity index (χ3n) is 2.91. The minimum absolute atomic E-state index is 0.362. The first kappa shape index (κ1) is 25.0. The van der Waals surface area contributed by atoms with Gasteiger partial charge in [0.2, 0.25) is 5.91 Å². The van der Waals surface area contributed by atoms with E-state index in [1.165, 1.54) is 0 Å². The zero-order chi connectivity index (χ0) is 20.1. The molecule has 0 unspecified atom stereocenters. The van der Waals surface area contributed by atoms with Crippen LogP contribution in [0.3, 0.4) is 0 Å². The third kappa shape index (κ3) is 12.9. The van der Waals surface area contributed by atoms with Crippen LogP contribution in [0.4, 0.5) is 0 Å². The van der Waals surface area contributed by atoms with Crippen LogP contribution in [-0.2, 0) is 17.1 Å². The zero-order valence-electron chi connectivity index (χ0n) is 17.9. The average Bonchev–Trinajstić information content (AvgIpc) is 2.27. The summed E-state index contributed by atoms with van der Waals surface area (Å²) in [4.78, 5) is 11.2. The topological polar surface area (TPSA) is 70.8 Å². The minimum atomic E-state index is -2.76. The van der Waals surface area contributed by atoms with Gasteiger partial charge in [0.25, 0.3) is 0 Å². The second-order valence-corrected chi connectivity index (χ2v) is 26.5. The van der Waals surface area contributed by atoms with Crippen molar-refractivity contribution in [2.75, 3.05) is 0 Å². The molecule has 0 fully saturated rings. The van der Waals surface area contributed by atoms with Gasteiger partial charge in [0.15, 0.2) is 25.0 Å². The molecule has 5 nitrogen and oxygen atoms in total. The maximum absolute atomic E-state index is 11.2. The van der Waals surface area contributed by atoms with E-state index in [2.05, 4.69) is 58.9 Å². The second-order valence-electron chi connectivity index (χ2n) is 9.47. The van der Waals surface area contributed by atoms with E-state index in [0.29, 0.717) is 5.57 Å². The number of allylic oxidation sites excluding steroid dienone is 1. The van der Waals surface area contributed by atoms with Crippen LogP contribution in [-0.4, -0.2) is 39.7 Å². The number of amides is 1. The van der Waals surface area contributed by atoms with Crippen molar-refractivity contribution in [1.82, 2.24) is 0 Å². The molecule has 0 aromatic carbocycles. The highest BCUT2D eigenvalue weighted by molar-refractivity contribution is 6.90. The molecule has 0 saturated carbocycles. The molecule has 0 rings (SSSR count). The normalized spacial score (nSPS) is 14.7. The number of carbonyl (C=O) groups is 1. The van der Waals surface area contributed by atoms with E-state index in [0.717, 1.165) is 18.9 Å². The molecule has 0 saturated heterocycles. The van der Waals surface area contributed by atoms with Crippen molar-refractivity contribution in [3.8, 4) is 0 Å². The quantitative estimate of drug-likeness (QED) is 0.298. The van der Waals surface area contributed by atoms with Crippen molar-refractivity contribution in [2.24, 2.45) is 5.73 Å². The monoisotopic (exact) mass is 421 g/mol. The summed E-state index contributed by atoms with van der Waals surface area (Å²) in [6.45, 7) is 21.4. The molecule has 0 aliphatic carbocycles. The highest BCUT2D eigenvalue weighted by atomic mass is 28.5. The maximum Gasteiger partial charge on any atom is 0.469 e. The Morgan fingerprint density at radius 3 is 1.48 bits per heavy atom. The molecule has 0 aliphatic heterocycles. The van der Waals surface area contributed by atoms with Gasteiger partial charge in [-0.15, -0.1) is 0 Å². The van der Waals surface area contributed by atoms with Crippen molar-refractivity contribution in [3.63, 3.8) is 0 Å². The lowest BCUT2D eigenvalue weighted by Crippen LogP contribution is -2.60. The largest absolute Gasteiger partial charge is 0.469 e. The zero-order valence-corrected chi connectivity index (χ0v) is 21.9. The van der Waals surface area contributed by atoms with Crippen LogP contribution >= 0.6 is 0 Å². The molecule has 1 amide bonds. The van der Waals surface area contributed by atoms with Crippen molar-refractivity contribution in [3.05, 3.63) is 11.6 Å². The molecule has 0 atom stereocenters. The number of unbranched alkanes of at least 4 members (excludes halogenated alkanes) is 1. The van der Waals surface area contributed by atoms with Gasteiger partial charge in [-0.2, -0.15) is 0 Å². The summed E-state index contributed by atoms with van der Waals surface area (Å²) in [5, 5.41) is 0. The number of rotatable bonds is 11. The Balaban J connectivity index is 5.43. The van der Waals surface area contributed by atoms with Crippen LogP contribution in [0, 0.1) is 0 Å². The molecule has 0 spiro atoms. The first-order valence-electron chi connectivity index (χ1n) is 9.02. The standard InChI is InChI=1S/C16H39NO4Si4/c1-15(16(17)18)13-11-12-14-25(19-22(2,3)4,20-23(5,6)7)21-24(8,9)10/h13H,11-12,14H2,1-10H3,(H2,17,18)/b15-13+. The molecule has 0 aromatic heterocycles. The van der Waals surface area contributed by atoms with Gasteiger partial charge in [-0.05, 0) is 78.7 Å². The number of hydrogen-bond acceptors (Lipinski definition) is 4. The Hall–Kier alpha value is -0.0425. The molecule has 0 bridgehead atoms. The Bertz CT molecular complexity index is 435. The summed E-state index contributed by atoms with van der Waals surface area (Å²) < 4.78 is 19.9. The number of primary amides is 1. The first-order chi connectivity index (χ1) is 10.9. The molecular formula is C16H39NO4Si4. The van der Waals surface area contributed by atoms with E-state index in [4.69, 9.17) is 18.1 Å². The predicted molar refractivity (Wildman–Crippen MR) is 116 cm³/mol. The van der Waals surface area contributed by atoms with Gasteiger partial charge >= 0.3 is 8.80 Å². The van der Waals surface area contributed by atoms with Crippen LogP contribution in [0.1, 0.15) is 19.8 Å². The van der Waals surface area contributed by atoms with Crippen molar-refractivity contribution in [1.29, 1.82) is 0 Å². The van der Waals surface area contributed by atoms with Crippen LogP contribution in [0.25, 0.3) is 0 Å². The van der Waals surface area contributed by atoms with Gasteiger partial charge in [-0.1, -0.05) is 6.08 Å². The molecule has 0 aromatic rings. The van der Waals surface area contributed by atoms with Gasteiger partial charge in [-0.25, -0.2) is 0 Å². The van der Waals surface area contributed by atoms with Gasteiger partial charge < -0.3 is 18.1 Å². The maximum atomic E-state index is 11.2. The van der Waals surface area contributed by atoms with Gasteiger partial charge in [0.05, 0.1) is 0 Å². The summed E-state index contributed by atoms with van der Waals surface area (Å²) in [6, 6.07) is 0.786. The molecular weight excluding hydrogens is 383 g/mol. The van der Waals surface area contributed by atoms with Crippen molar-refractivity contribution < 1.29 is 17.1 Å². The van der Waals surface area contributed by atoms with Crippen molar-refractivity contribution >= 4 is 39.7 Å². The third-order valence-corrected chi connectivity index (χ3v) is 15.0. The number of hydrogen-bond donors (Lipinski definition) is 1. The van der Waals surface area contributed by atoms with Crippen LogP contribution in [0.2, 0.25) is 65.0 Å². The average molecular weight is 422 g/mol. The van der Waals surface area contributed by atoms with Crippen molar-refractivity contribution in [2.45, 2.75) is 84.7 Å². The van der Waals surface area contributed by atoms with E-state index >= 15 is 0 Å². The lowest BCUT2D eigenvalue weighted by Gasteiger charge is -2.42. The van der Waals surface area contributed by atoms with Gasteiger partial charge in [0, 0.05) is 11.6 Å². The second kappa shape index (κ2) is 9.24. The molecule has 0 heterocycles. The van der Waals surface area contributed by atoms with Crippen LogP contribution < -0.4 is 5.73 Å². The van der Waals surface area contributed by atoms with E-state index in [1.54, 1.807) is 6.92 Å². The fraction of sp³-hybridized carbons (Fsp3) is 0.812. The Kier molecular flexibility index (Phi) is 9.23. The van der Waals surface area contributed by atoms with Gasteiger partial charge in [-0.3, -0.25) is 4.79 Å². The summed E-state index contributed by atoms with van der Waals surface area (Å²) >= 11 is 0. The number of nitrogens with two attached hydrogens (primary N) is 1. The molecule has 148 valence electrons. The number of carbonyl (C=O) groups excluding carboxylic acids is 1. The summed E-state index contributed by atoms with van der Waals surface area (Å²) in [6.07, 6.45) is 3.55. The molecule has 0 radical (unpaired) electrons. The molecule has 9 heteroatoms. The fourth-order valence-corrected chi connectivity index (χ4v) is 17.0. The predicted octanol–water partition coefficient (Wildman–Crippen LogP) is 4.69. The Morgan fingerprint density at radius 1 is 0.840 bits per heavy atom. The van der Waals surface area contributed by atoms with Gasteiger partial charge in [0.1, 0.15) is 0 Å². The highest BCUT2D eigenvalue weighted by Gasteiger charge is 2.49. The van der Waals surface area contributed by atoms with E-state index < -0.39 is 33.8 Å². The van der Waals surface area contributed by atoms with E-state index in [9.17, 15) is 4.79 Å². The van der Waals surface area contributed by atoms with Crippen LogP contribution in [0.5, 0.6) is 0 Å². The van der Waals surface area contributed by atoms with Crippen LogP contribution in [0.15, 0.2) is 11.6 Å².